The Kier molecular flexibility index (Phi) is 5.50. The minimum Gasteiger partial charge on any atom is -0.457 e. The Labute approximate surface area is 201 Å². The van der Waals surface area contributed by atoms with E-state index in [9.17, 15) is 9.59 Å². The number of cyclic esters (lactones) is 1. The van der Waals surface area contributed by atoms with Crippen molar-refractivity contribution in [1.29, 1.82) is 0 Å². The van der Waals surface area contributed by atoms with Crippen molar-refractivity contribution in [2.24, 2.45) is 0 Å². The van der Waals surface area contributed by atoms with E-state index in [2.05, 4.69) is 31.5 Å². The summed E-state index contributed by atoms with van der Waals surface area (Å²) in [4.78, 5) is 33.5. The molecule has 0 bridgehead atoms. The summed E-state index contributed by atoms with van der Waals surface area (Å²) < 4.78 is 12.9. The van der Waals surface area contributed by atoms with Gasteiger partial charge in [-0.05, 0) is 52.2 Å². The number of aryl methyl sites for hydroxylation is 1. The van der Waals surface area contributed by atoms with Crippen LogP contribution in [0.25, 0.3) is 5.82 Å². The predicted molar refractivity (Wildman–Crippen MR) is 122 cm³/mol. The van der Waals surface area contributed by atoms with Crippen molar-refractivity contribution < 1.29 is 19.1 Å². The van der Waals surface area contributed by atoms with Crippen molar-refractivity contribution in [3.05, 3.63) is 64.6 Å². The van der Waals surface area contributed by atoms with E-state index in [1.807, 2.05) is 24.0 Å². The maximum absolute atomic E-state index is 13.0. The van der Waals surface area contributed by atoms with Gasteiger partial charge in [0.1, 0.15) is 12.9 Å². The van der Waals surface area contributed by atoms with Gasteiger partial charge in [0.15, 0.2) is 5.82 Å². The zero-order valence-electron chi connectivity index (χ0n) is 19.3. The molecular formula is C24H25N7O4. The lowest BCUT2D eigenvalue weighted by atomic mass is 9.95. The normalized spacial score (nSPS) is 22.0. The fourth-order valence-electron chi connectivity index (χ4n) is 5.06. The van der Waals surface area contributed by atoms with Crippen LogP contribution in [0.15, 0.2) is 36.8 Å². The van der Waals surface area contributed by atoms with Crippen LogP contribution in [0.4, 0.5) is 0 Å². The van der Waals surface area contributed by atoms with Crippen molar-refractivity contribution >= 4 is 11.9 Å². The zero-order chi connectivity index (χ0) is 23.9. The summed E-state index contributed by atoms with van der Waals surface area (Å²) in [6, 6.07) is 7.82. The lowest BCUT2D eigenvalue weighted by Crippen LogP contribution is -2.59. The first kappa shape index (κ1) is 21.8. The summed E-state index contributed by atoms with van der Waals surface area (Å²) in [5.41, 5.74) is 4.59. The average Bonchev–Trinajstić information content (AvgIpc) is 3.54. The summed E-state index contributed by atoms with van der Waals surface area (Å²) in [5.74, 6) is 0.439. The Balaban J connectivity index is 1.07. The molecule has 0 spiro atoms. The molecule has 180 valence electrons. The number of ether oxygens (including phenoxy) is 2. The number of tetrazole rings is 1. The predicted octanol–water partition coefficient (Wildman–Crippen LogP) is 0.863. The third-order valence-electron chi connectivity index (χ3n) is 7.01. The highest BCUT2D eigenvalue weighted by molar-refractivity contribution is 5.93. The summed E-state index contributed by atoms with van der Waals surface area (Å²) in [7, 11) is 0. The number of rotatable bonds is 4. The van der Waals surface area contributed by atoms with Crippen LogP contribution in [-0.2, 0) is 27.3 Å². The topological polar surface area (TPSA) is 116 Å². The smallest absolute Gasteiger partial charge is 0.338 e. The second kappa shape index (κ2) is 8.82. The number of esters is 1. The largest absolute Gasteiger partial charge is 0.457 e. The first-order valence-corrected chi connectivity index (χ1v) is 11.7. The van der Waals surface area contributed by atoms with Gasteiger partial charge in [0.05, 0.1) is 30.7 Å². The molecule has 35 heavy (non-hydrogen) atoms. The molecule has 1 aromatic carbocycles. The van der Waals surface area contributed by atoms with Crippen LogP contribution in [-0.4, -0.2) is 85.7 Å². The molecule has 3 aromatic rings. The maximum atomic E-state index is 13.0. The van der Waals surface area contributed by atoms with Gasteiger partial charge in [-0.25, -0.2) is 9.78 Å². The molecule has 3 aliphatic rings. The van der Waals surface area contributed by atoms with Crippen molar-refractivity contribution in [3.63, 3.8) is 0 Å². The third kappa shape index (κ3) is 4.17. The highest BCUT2D eigenvalue weighted by atomic mass is 16.5. The second-order valence-corrected chi connectivity index (χ2v) is 9.21. The quantitative estimate of drug-likeness (QED) is 0.507. The molecule has 5 heterocycles. The number of carbonyl (C=O) groups is 2. The maximum Gasteiger partial charge on any atom is 0.338 e. The third-order valence-corrected chi connectivity index (χ3v) is 7.01. The number of morpholine rings is 1. The number of aromatic nitrogens is 5. The molecule has 2 fully saturated rings. The molecule has 0 N–H and O–H groups in total. The lowest BCUT2D eigenvalue weighted by Gasteiger charge is -2.46. The van der Waals surface area contributed by atoms with Crippen LogP contribution in [0.3, 0.4) is 0 Å². The highest BCUT2D eigenvalue weighted by Gasteiger charge is 2.36. The number of piperazine rings is 1. The lowest BCUT2D eigenvalue weighted by molar-refractivity contribution is -0.139. The van der Waals surface area contributed by atoms with Gasteiger partial charge in [-0.3, -0.25) is 9.69 Å². The molecule has 11 heteroatoms. The van der Waals surface area contributed by atoms with E-state index in [0.717, 1.165) is 35.3 Å². The van der Waals surface area contributed by atoms with E-state index in [4.69, 9.17) is 9.47 Å². The first-order chi connectivity index (χ1) is 17.0. The van der Waals surface area contributed by atoms with Gasteiger partial charge in [0.2, 0.25) is 5.91 Å². The minimum absolute atomic E-state index is 0.0562. The summed E-state index contributed by atoms with van der Waals surface area (Å²) in [6.45, 7) is 5.80. The molecule has 0 saturated carbocycles. The SMILES string of the molecule is Cc1cc2c(cc1[C@@H]1CN3CCN(C(=O)Cc4ccc(-n5cnnn5)nc4)C[C@H]3CO1)COC2=O. The van der Waals surface area contributed by atoms with Crippen LogP contribution < -0.4 is 0 Å². The Morgan fingerprint density at radius 1 is 1.20 bits per heavy atom. The van der Waals surface area contributed by atoms with Crippen molar-refractivity contribution in [2.45, 2.75) is 32.1 Å². The number of nitrogens with zero attached hydrogens (tertiary/aromatic N) is 7. The van der Waals surface area contributed by atoms with E-state index in [0.29, 0.717) is 44.1 Å². The number of carbonyl (C=O) groups excluding carboxylic acids is 2. The molecule has 0 aliphatic carbocycles. The first-order valence-electron chi connectivity index (χ1n) is 11.7. The van der Waals surface area contributed by atoms with E-state index in [1.54, 1.807) is 12.3 Å². The van der Waals surface area contributed by atoms with Crippen LogP contribution in [0.1, 0.15) is 38.7 Å². The number of hydrogen-bond acceptors (Lipinski definition) is 9. The van der Waals surface area contributed by atoms with E-state index < -0.39 is 0 Å². The molecule has 1 amide bonds. The van der Waals surface area contributed by atoms with E-state index in [-0.39, 0.29) is 24.0 Å². The van der Waals surface area contributed by atoms with Crippen molar-refractivity contribution in [3.8, 4) is 5.82 Å². The molecule has 0 radical (unpaired) electrons. The number of amides is 1. The average molecular weight is 476 g/mol. The molecule has 11 nitrogen and oxygen atoms in total. The van der Waals surface area contributed by atoms with Crippen molar-refractivity contribution in [1.82, 2.24) is 35.0 Å². The Bertz CT molecular complexity index is 1260. The van der Waals surface area contributed by atoms with Gasteiger partial charge in [-0.2, -0.15) is 4.68 Å². The number of fused-ring (bicyclic) bond motifs is 2. The van der Waals surface area contributed by atoms with Crippen molar-refractivity contribution in [2.75, 3.05) is 32.8 Å². The summed E-state index contributed by atoms with van der Waals surface area (Å²) >= 11 is 0. The van der Waals surface area contributed by atoms with Gasteiger partial charge in [-0.15, -0.1) is 5.10 Å². The van der Waals surface area contributed by atoms with Crippen LogP contribution >= 0.6 is 0 Å². The fraction of sp³-hybridized carbons (Fsp3) is 0.417. The molecule has 6 rings (SSSR count). The Hall–Kier alpha value is -3.70. The summed E-state index contributed by atoms with van der Waals surface area (Å²) in [6.07, 6.45) is 3.41. The number of hydrogen-bond donors (Lipinski definition) is 0. The monoisotopic (exact) mass is 475 g/mol. The van der Waals surface area contributed by atoms with E-state index >= 15 is 0 Å². The Morgan fingerprint density at radius 3 is 2.91 bits per heavy atom. The molecular weight excluding hydrogens is 450 g/mol. The standard InChI is InChI=1S/C24H25N7O4/c1-15-6-20-17(12-35-24(20)33)8-19(15)21-11-29-4-5-30(10-18(29)13-34-21)23(32)7-16-2-3-22(25-9-16)31-14-26-27-28-31/h2-3,6,8-9,14,18,21H,4-5,7,10-13H2,1H3/t18-,21-/m0/s1. The highest BCUT2D eigenvalue weighted by Crippen LogP contribution is 2.32. The zero-order valence-corrected chi connectivity index (χ0v) is 19.3. The number of benzene rings is 1. The van der Waals surface area contributed by atoms with Gasteiger partial charge >= 0.3 is 5.97 Å². The molecule has 2 aromatic heterocycles. The fourth-order valence-corrected chi connectivity index (χ4v) is 5.06. The molecule has 2 saturated heterocycles. The number of pyridine rings is 1. The van der Waals surface area contributed by atoms with Crippen LogP contribution in [0.5, 0.6) is 0 Å². The van der Waals surface area contributed by atoms with Gasteiger partial charge in [0, 0.05) is 37.9 Å². The van der Waals surface area contributed by atoms with Gasteiger partial charge in [-0.1, -0.05) is 6.07 Å². The molecule has 0 unspecified atom stereocenters. The van der Waals surface area contributed by atoms with Crippen LogP contribution in [0.2, 0.25) is 0 Å². The minimum atomic E-state index is -0.251. The van der Waals surface area contributed by atoms with E-state index in [1.165, 1.54) is 11.0 Å². The van der Waals surface area contributed by atoms with Gasteiger partial charge < -0.3 is 14.4 Å². The van der Waals surface area contributed by atoms with Gasteiger partial charge in [0.25, 0.3) is 0 Å². The molecule has 3 aliphatic heterocycles. The summed E-state index contributed by atoms with van der Waals surface area (Å²) in [5, 5.41) is 11.0. The van der Waals surface area contributed by atoms with Crippen LogP contribution in [0, 0.1) is 6.92 Å². The molecule has 2 atom stereocenters. The second-order valence-electron chi connectivity index (χ2n) is 9.21. The Morgan fingerprint density at radius 2 is 2.11 bits per heavy atom.